The highest BCUT2D eigenvalue weighted by molar-refractivity contribution is 5.85. The van der Waals surface area contributed by atoms with E-state index in [1.165, 1.54) is 5.57 Å². The summed E-state index contributed by atoms with van der Waals surface area (Å²) in [6.45, 7) is 2.26. The fourth-order valence-corrected chi connectivity index (χ4v) is 3.14. The van der Waals surface area contributed by atoms with Gasteiger partial charge in [-0.15, -0.1) is 12.4 Å². The number of benzene rings is 2. The van der Waals surface area contributed by atoms with Gasteiger partial charge in [-0.2, -0.15) is 0 Å². The van der Waals surface area contributed by atoms with Crippen LogP contribution in [0.3, 0.4) is 0 Å². The van der Waals surface area contributed by atoms with E-state index < -0.39 is 12.1 Å². The number of carbonyl (C=O) groups is 2. The molecule has 2 aromatic carbocycles. The number of carbonyl (C=O) groups excluding carboxylic acids is 2. The second-order valence-electron chi connectivity index (χ2n) is 6.85. The van der Waals surface area contributed by atoms with E-state index in [0.29, 0.717) is 18.0 Å². The van der Waals surface area contributed by atoms with E-state index in [9.17, 15) is 9.59 Å². The summed E-state index contributed by atoms with van der Waals surface area (Å²) in [5.74, 6) is 1.17. The summed E-state index contributed by atoms with van der Waals surface area (Å²) in [4.78, 5) is 23.9. The van der Waals surface area contributed by atoms with Crippen LogP contribution in [0.15, 0.2) is 66.2 Å². The molecule has 1 unspecified atom stereocenters. The van der Waals surface area contributed by atoms with Crippen molar-refractivity contribution in [1.82, 2.24) is 16.0 Å². The highest BCUT2D eigenvalue weighted by Crippen LogP contribution is 2.26. The molecule has 2 aromatic rings. The van der Waals surface area contributed by atoms with Crippen LogP contribution in [0.5, 0.6) is 11.5 Å². The fourth-order valence-electron chi connectivity index (χ4n) is 3.14. The van der Waals surface area contributed by atoms with E-state index in [2.05, 4.69) is 22.0 Å². The van der Waals surface area contributed by atoms with Gasteiger partial charge in [-0.1, -0.05) is 42.0 Å². The molecule has 160 valence electrons. The summed E-state index contributed by atoms with van der Waals surface area (Å²) in [7, 11) is 0. The number of nitrogens with one attached hydrogen (secondary N) is 3. The molecule has 0 saturated carbocycles. The lowest BCUT2D eigenvalue weighted by atomic mass is 10.0. The van der Waals surface area contributed by atoms with Crippen LogP contribution in [0.25, 0.3) is 0 Å². The van der Waals surface area contributed by atoms with E-state index in [0.717, 1.165) is 25.1 Å². The molecular formula is C22H27ClN4O3. The van der Waals surface area contributed by atoms with Gasteiger partial charge in [-0.05, 0) is 42.8 Å². The van der Waals surface area contributed by atoms with Crippen molar-refractivity contribution >= 4 is 24.3 Å². The third kappa shape index (κ3) is 7.42. The molecule has 5 N–H and O–H groups in total. The van der Waals surface area contributed by atoms with Gasteiger partial charge < -0.3 is 26.4 Å². The second-order valence-corrected chi connectivity index (χ2v) is 6.85. The zero-order chi connectivity index (χ0) is 20.5. The molecule has 3 amide bonds. The van der Waals surface area contributed by atoms with Crippen molar-refractivity contribution in [3.63, 3.8) is 0 Å². The molecule has 1 aliphatic heterocycles. The Balaban J connectivity index is 0.00000320. The number of nitrogens with two attached hydrogens (primary N) is 1. The highest BCUT2D eigenvalue weighted by Gasteiger charge is 2.18. The third-order valence-corrected chi connectivity index (χ3v) is 4.62. The average molecular weight is 431 g/mol. The fraction of sp³-hybridized carbons (Fsp3) is 0.273. The lowest BCUT2D eigenvalue weighted by molar-refractivity contribution is -0.121. The number of ether oxygens (including phenoxy) is 1. The normalized spacial score (nSPS) is 13.9. The minimum absolute atomic E-state index is 0. The van der Waals surface area contributed by atoms with E-state index >= 15 is 0 Å². The van der Waals surface area contributed by atoms with Crippen molar-refractivity contribution < 1.29 is 14.3 Å². The number of primary amides is 1. The molecule has 0 saturated heterocycles. The van der Waals surface area contributed by atoms with E-state index in [1.54, 1.807) is 6.07 Å². The zero-order valence-electron chi connectivity index (χ0n) is 16.6. The quantitative estimate of drug-likeness (QED) is 0.483. The van der Waals surface area contributed by atoms with Crippen LogP contribution in [0.1, 0.15) is 24.4 Å². The van der Waals surface area contributed by atoms with Crippen molar-refractivity contribution in [2.24, 2.45) is 5.73 Å². The molecule has 7 nitrogen and oxygen atoms in total. The van der Waals surface area contributed by atoms with Gasteiger partial charge in [0.05, 0.1) is 12.5 Å². The Hall–Kier alpha value is -3.03. The van der Waals surface area contributed by atoms with Crippen LogP contribution in [0, 0.1) is 0 Å². The van der Waals surface area contributed by atoms with Crippen molar-refractivity contribution in [2.75, 3.05) is 19.6 Å². The van der Waals surface area contributed by atoms with Gasteiger partial charge in [0.1, 0.15) is 11.5 Å². The molecule has 1 aliphatic rings. The van der Waals surface area contributed by atoms with Crippen LogP contribution in [0.4, 0.5) is 4.79 Å². The summed E-state index contributed by atoms with van der Waals surface area (Å²) >= 11 is 0. The Kier molecular flexibility index (Phi) is 9.18. The maximum atomic E-state index is 12.4. The first-order valence-electron chi connectivity index (χ1n) is 9.64. The van der Waals surface area contributed by atoms with Gasteiger partial charge in [-0.25, -0.2) is 4.79 Å². The molecule has 0 bridgehead atoms. The molecule has 3 rings (SSSR count). The summed E-state index contributed by atoms with van der Waals surface area (Å²) in [5, 5.41) is 8.81. The molecular weight excluding hydrogens is 404 g/mol. The summed E-state index contributed by atoms with van der Waals surface area (Å²) in [6.07, 6.45) is 3.10. The molecule has 0 fully saturated rings. The monoisotopic (exact) mass is 430 g/mol. The van der Waals surface area contributed by atoms with Crippen LogP contribution in [-0.4, -0.2) is 31.6 Å². The van der Waals surface area contributed by atoms with E-state index in [4.69, 9.17) is 10.5 Å². The maximum absolute atomic E-state index is 12.4. The number of rotatable bonds is 8. The maximum Gasteiger partial charge on any atom is 0.312 e. The first-order valence-corrected chi connectivity index (χ1v) is 9.64. The number of hydrogen-bond acceptors (Lipinski definition) is 4. The van der Waals surface area contributed by atoms with Crippen LogP contribution in [0.2, 0.25) is 0 Å². The van der Waals surface area contributed by atoms with Gasteiger partial charge in [-0.3, -0.25) is 4.79 Å². The molecule has 0 aromatic heterocycles. The number of hydrogen-bond donors (Lipinski definition) is 4. The summed E-state index contributed by atoms with van der Waals surface area (Å²) in [5.41, 5.74) is 7.28. The van der Waals surface area contributed by atoms with Crippen molar-refractivity contribution in [1.29, 1.82) is 0 Å². The Morgan fingerprint density at radius 3 is 2.57 bits per heavy atom. The SMILES string of the molecule is Cl.NC(=O)NC(CC(=O)NCC1=CCNCC1)c1cccc(Oc2ccccc2)c1. The largest absolute Gasteiger partial charge is 0.457 e. The minimum atomic E-state index is -0.682. The number of amides is 3. The molecule has 0 spiro atoms. The summed E-state index contributed by atoms with van der Waals surface area (Å²) < 4.78 is 5.85. The van der Waals surface area contributed by atoms with E-state index in [1.807, 2.05) is 48.5 Å². The molecule has 1 heterocycles. The van der Waals surface area contributed by atoms with Gasteiger partial charge >= 0.3 is 6.03 Å². The van der Waals surface area contributed by atoms with Crippen molar-refractivity contribution in [3.05, 3.63) is 71.8 Å². The number of para-hydroxylation sites is 1. The van der Waals surface area contributed by atoms with Gasteiger partial charge in [0.15, 0.2) is 0 Å². The van der Waals surface area contributed by atoms with Gasteiger partial charge in [0, 0.05) is 13.1 Å². The lowest BCUT2D eigenvalue weighted by Crippen LogP contribution is -2.37. The number of urea groups is 1. The number of halogens is 1. The van der Waals surface area contributed by atoms with Crippen LogP contribution in [-0.2, 0) is 4.79 Å². The van der Waals surface area contributed by atoms with Gasteiger partial charge in [0.2, 0.25) is 5.91 Å². The molecule has 8 heteroatoms. The van der Waals surface area contributed by atoms with Crippen LogP contribution < -0.4 is 26.4 Å². The van der Waals surface area contributed by atoms with Crippen LogP contribution >= 0.6 is 12.4 Å². The molecule has 30 heavy (non-hydrogen) atoms. The standard InChI is InChI=1S/C22H26N4O3.ClH/c23-22(28)26-20(14-21(27)25-15-16-9-11-24-12-10-16)17-5-4-8-19(13-17)29-18-6-2-1-3-7-18;/h1-9,13,20,24H,10-12,14-15H2,(H,25,27)(H3,23,26,28);1H. The molecule has 1 atom stereocenters. The Morgan fingerprint density at radius 2 is 1.87 bits per heavy atom. The first-order chi connectivity index (χ1) is 14.1. The average Bonchev–Trinajstić information content (AvgIpc) is 2.73. The Bertz CT molecular complexity index is 874. The topological polar surface area (TPSA) is 105 Å². The second kappa shape index (κ2) is 11.8. The summed E-state index contributed by atoms with van der Waals surface area (Å²) in [6, 6.07) is 15.4. The van der Waals surface area contributed by atoms with Gasteiger partial charge in [0.25, 0.3) is 0 Å². The zero-order valence-corrected chi connectivity index (χ0v) is 17.4. The predicted molar refractivity (Wildman–Crippen MR) is 119 cm³/mol. The Morgan fingerprint density at radius 1 is 1.10 bits per heavy atom. The molecule has 0 radical (unpaired) electrons. The Labute approximate surface area is 182 Å². The van der Waals surface area contributed by atoms with E-state index in [-0.39, 0.29) is 24.7 Å². The lowest BCUT2D eigenvalue weighted by Gasteiger charge is -2.19. The highest BCUT2D eigenvalue weighted by atomic mass is 35.5. The first kappa shape index (κ1) is 23.3. The van der Waals surface area contributed by atoms with Crippen molar-refractivity contribution in [3.8, 4) is 11.5 Å². The minimum Gasteiger partial charge on any atom is -0.457 e. The predicted octanol–water partition coefficient (Wildman–Crippen LogP) is 3.04. The molecule has 0 aliphatic carbocycles. The smallest absolute Gasteiger partial charge is 0.312 e. The van der Waals surface area contributed by atoms with Crippen molar-refractivity contribution in [2.45, 2.75) is 18.9 Å². The third-order valence-electron chi connectivity index (χ3n) is 4.62.